The van der Waals surface area contributed by atoms with Crippen molar-refractivity contribution >= 4 is 0 Å². The van der Waals surface area contributed by atoms with E-state index in [0.29, 0.717) is 5.41 Å². The molecule has 2 nitrogen and oxygen atoms in total. The van der Waals surface area contributed by atoms with Crippen molar-refractivity contribution in [2.45, 2.75) is 64.5 Å². The molecule has 2 heterocycles. The van der Waals surface area contributed by atoms with Gasteiger partial charge in [0.2, 0.25) is 0 Å². The maximum Gasteiger partial charge on any atom is 0.0200 e. The molecule has 98 valence electrons. The van der Waals surface area contributed by atoms with Crippen LogP contribution in [0.2, 0.25) is 0 Å². The fraction of sp³-hybridized carbons (Fsp3) is 1.00. The van der Waals surface area contributed by atoms with Crippen molar-refractivity contribution in [1.82, 2.24) is 10.2 Å². The van der Waals surface area contributed by atoms with E-state index in [1.54, 1.807) is 0 Å². The number of nitrogens with zero attached hydrogens (tertiary/aromatic N) is 1. The quantitative estimate of drug-likeness (QED) is 0.793. The summed E-state index contributed by atoms with van der Waals surface area (Å²) >= 11 is 0. The van der Waals surface area contributed by atoms with E-state index in [0.717, 1.165) is 18.0 Å². The Morgan fingerprint density at radius 2 is 2.06 bits per heavy atom. The molecule has 2 aliphatic heterocycles. The lowest BCUT2D eigenvalue weighted by Gasteiger charge is -2.24. The van der Waals surface area contributed by atoms with Crippen LogP contribution in [0.5, 0.6) is 0 Å². The highest BCUT2D eigenvalue weighted by atomic mass is 15.2. The number of nitrogens with one attached hydrogen (secondary N) is 1. The molecule has 3 rings (SSSR count). The third-order valence-corrected chi connectivity index (χ3v) is 5.18. The molecule has 1 saturated carbocycles. The zero-order valence-electron chi connectivity index (χ0n) is 11.5. The van der Waals surface area contributed by atoms with Crippen LogP contribution in [-0.2, 0) is 0 Å². The maximum absolute atomic E-state index is 3.91. The first kappa shape index (κ1) is 12.0. The number of rotatable bonds is 2. The van der Waals surface area contributed by atoms with Crippen LogP contribution in [0.3, 0.4) is 0 Å². The van der Waals surface area contributed by atoms with Gasteiger partial charge in [0.1, 0.15) is 0 Å². The Kier molecular flexibility index (Phi) is 3.20. The Labute approximate surface area is 106 Å². The average molecular weight is 236 g/mol. The molecular weight excluding hydrogens is 208 g/mol. The second-order valence-corrected chi connectivity index (χ2v) is 7.40. The van der Waals surface area contributed by atoms with Gasteiger partial charge >= 0.3 is 0 Å². The minimum Gasteiger partial charge on any atom is -0.310 e. The summed E-state index contributed by atoms with van der Waals surface area (Å²) in [4.78, 5) is 2.69. The maximum atomic E-state index is 3.91. The fourth-order valence-electron chi connectivity index (χ4n) is 4.26. The van der Waals surface area contributed by atoms with E-state index in [9.17, 15) is 0 Å². The molecule has 17 heavy (non-hydrogen) atoms. The summed E-state index contributed by atoms with van der Waals surface area (Å²) in [6.45, 7) is 8.75. The van der Waals surface area contributed by atoms with Crippen LogP contribution in [0.4, 0.5) is 0 Å². The fourth-order valence-corrected chi connectivity index (χ4v) is 4.26. The molecule has 2 saturated heterocycles. The molecule has 0 amide bonds. The first-order valence-corrected chi connectivity index (χ1v) is 7.61. The summed E-state index contributed by atoms with van der Waals surface area (Å²) in [5, 5.41) is 3.91. The molecule has 1 N–H and O–H groups in total. The SMILES string of the molecule is CC1(C)CCN(CC2CC3CCCCC3N2)C1. The summed E-state index contributed by atoms with van der Waals surface area (Å²) in [6, 6.07) is 1.65. The highest BCUT2D eigenvalue weighted by molar-refractivity contribution is 4.95. The molecule has 0 aromatic carbocycles. The van der Waals surface area contributed by atoms with Crippen molar-refractivity contribution in [3.63, 3.8) is 0 Å². The van der Waals surface area contributed by atoms with Gasteiger partial charge in [-0.2, -0.15) is 0 Å². The molecule has 3 atom stereocenters. The molecule has 3 fully saturated rings. The summed E-state index contributed by atoms with van der Waals surface area (Å²) in [5.41, 5.74) is 0.561. The molecular formula is C15H28N2. The van der Waals surface area contributed by atoms with Crippen molar-refractivity contribution in [1.29, 1.82) is 0 Å². The third-order valence-electron chi connectivity index (χ3n) is 5.18. The van der Waals surface area contributed by atoms with E-state index in [1.807, 2.05) is 0 Å². The zero-order chi connectivity index (χ0) is 11.9. The minimum atomic E-state index is 0.561. The van der Waals surface area contributed by atoms with Crippen molar-refractivity contribution in [2.24, 2.45) is 11.3 Å². The smallest absolute Gasteiger partial charge is 0.0200 e. The van der Waals surface area contributed by atoms with E-state index >= 15 is 0 Å². The van der Waals surface area contributed by atoms with Crippen molar-refractivity contribution in [2.75, 3.05) is 19.6 Å². The monoisotopic (exact) mass is 236 g/mol. The number of hydrogen-bond acceptors (Lipinski definition) is 2. The molecule has 1 aliphatic carbocycles. The van der Waals surface area contributed by atoms with Gasteiger partial charge in [-0.1, -0.05) is 26.7 Å². The van der Waals surface area contributed by atoms with E-state index < -0.39 is 0 Å². The van der Waals surface area contributed by atoms with Crippen LogP contribution >= 0.6 is 0 Å². The van der Waals surface area contributed by atoms with Gasteiger partial charge in [-0.25, -0.2) is 0 Å². The Hall–Kier alpha value is -0.0800. The number of fused-ring (bicyclic) bond motifs is 1. The first-order valence-electron chi connectivity index (χ1n) is 7.61. The summed E-state index contributed by atoms with van der Waals surface area (Å²) in [5.74, 6) is 1.00. The van der Waals surface area contributed by atoms with Gasteiger partial charge in [0.15, 0.2) is 0 Å². The Morgan fingerprint density at radius 1 is 1.24 bits per heavy atom. The zero-order valence-corrected chi connectivity index (χ0v) is 11.5. The minimum absolute atomic E-state index is 0.561. The second kappa shape index (κ2) is 4.55. The van der Waals surface area contributed by atoms with Gasteiger partial charge in [0, 0.05) is 25.2 Å². The molecule has 0 aromatic rings. The van der Waals surface area contributed by atoms with Crippen molar-refractivity contribution < 1.29 is 0 Å². The summed E-state index contributed by atoms with van der Waals surface area (Å²) in [6.07, 6.45) is 8.68. The van der Waals surface area contributed by atoms with Crippen LogP contribution in [0, 0.1) is 11.3 Å². The molecule has 0 spiro atoms. The van der Waals surface area contributed by atoms with Crippen molar-refractivity contribution in [3.8, 4) is 0 Å². The Balaban J connectivity index is 1.50. The van der Waals surface area contributed by atoms with Gasteiger partial charge in [-0.3, -0.25) is 0 Å². The third kappa shape index (κ3) is 2.68. The van der Waals surface area contributed by atoms with Crippen molar-refractivity contribution in [3.05, 3.63) is 0 Å². The molecule has 0 aromatic heterocycles. The van der Waals surface area contributed by atoms with Gasteiger partial charge in [-0.15, -0.1) is 0 Å². The lowest BCUT2D eigenvalue weighted by Crippen LogP contribution is -2.40. The van der Waals surface area contributed by atoms with Gasteiger partial charge in [-0.05, 0) is 43.6 Å². The van der Waals surface area contributed by atoms with Gasteiger partial charge in [0.05, 0.1) is 0 Å². The molecule has 3 aliphatic rings. The van der Waals surface area contributed by atoms with Crippen LogP contribution in [0.25, 0.3) is 0 Å². The Morgan fingerprint density at radius 3 is 2.76 bits per heavy atom. The van der Waals surface area contributed by atoms with Crippen LogP contribution < -0.4 is 5.32 Å². The highest BCUT2D eigenvalue weighted by Gasteiger charge is 2.37. The molecule has 2 heteroatoms. The predicted molar refractivity (Wildman–Crippen MR) is 72.1 cm³/mol. The lowest BCUT2D eigenvalue weighted by molar-refractivity contribution is 0.265. The van der Waals surface area contributed by atoms with Gasteiger partial charge in [0.25, 0.3) is 0 Å². The number of hydrogen-bond donors (Lipinski definition) is 1. The molecule has 0 radical (unpaired) electrons. The first-order chi connectivity index (χ1) is 8.12. The second-order valence-electron chi connectivity index (χ2n) is 7.40. The van der Waals surface area contributed by atoms with Crippen LogP contribution in [0.1, 0.15) is 52.4 Å². The average Bonchev–Trinajstić information content (AvgIpc) is 2.81. The highest BCUT2D eigenvalue weighted by Crippen LogP contribution is 2.35. The van der Waals surface area contributed by atoms with Crippen LogP contribution in [-0.4, -0.2) is 36.6 Å². The van der Waals surface area contributed by atoms with Gasteiger partial charge < -0.3 is 10.2 Å². The predicted octanol–water partition coefficient (Wildman–Crippen LogP) is 2.64. The summed E-state index contributed by atoms with van der Waals surface area (Å²) < 4.78 is 0. The normalized spacial score (nSPS) is 41.6. The van der Waals surface area contributed by atoms with E-state index in [2.05, 4.69) is 24.1 Å². The standard InChI is InChI=1S/C15H28N2/c1-15(2)7-8-17(11-15)10-13-9-12-5-3-4-6-14(12)16-13/h12-14,16H,3-11H2,1-2H3. The van der Waals surface area contributed by atoms with Crippen LogP contribution in [0.15, 0.2) is 0 Å². The lowest BCUT2D eigenvalue weighted by atomic mass is 9.85. The number of likely N-dealkylation sites (tertiary alicyclic amines) is 1. The largest absolute Gasteiger partial charge is 0.310 e. The van der Waals surface area contributed by atoms with E-state index in [-0.39, 0.29) is 0 Å². The molecule has 0 bridgehead atoms. The molecule has 3 unspecified atom stereocenters. The summed E-state index contributed by atoms with van der Waals surface area (Å²) in [7, 11) is 0. The Bertz CT molecular complexity index is 260. The topological polar surface area (TPSA) is 15.3 Å². The van der Waals surface area contributed by atoms with E-state index in [1.165, 1.54) is 58.2 Å². The van der Waals surface area contributed by atoms with E-state index in [4.69, 9.17) is 0 Å².